The fraction of sp³-hybridized carbons (Fsp3) is 0.0132. The first-order chi connectivity index (χ1) is 39.2. The highest BCUT2D eigenvalue weighted by atomic mass is 15.1. The van der Waals surface area contributed by atoms with Crippen LogP contribution in [0.15, 0.2) is 298 Å². The minimum atomic E-state index is 0.0219. The number of hydrogen-bond donors (Lipinski definition) is 0. The Morgan fingerprint density at radius 1 is 0.291 bits per heavy atom. The summed E-state index contributed by atoms with van der Waals surface area (Å²) in [7, 11) is 0. The molecule has 0 saturated heterocycles. The molecule has 1 aliphatic rings. The summed E-state index contributed by atoms with van der Waals surface area (Å²) in [5.41, 5.74) is 19.2. The predicted molar refractivity (Wildman–Crippen MR) is 331 cm³/mol. The smallest absolute Gasteiger partial charge is 0.210 e. The Morgan fingerprint density at radius 2 is 0.785 bits per heavy atom. The molecule has 15 aromatic rings. The van der Waals surface area contributed by atoms with Crippen LogP contribution in [0, 0.1) is 0 Å². The molecule has 0 fully saturated rings. The van der Waals surface area contributed by atoms with E-state index in [1.807, 2.05) is 0 Å². The monoisotopic (exact) mass is 1000 g/mol. The molecule has 0 spiro atoms. The van der Waals surface area contributed by atoms with Gasteiger partial charge in [0.05, 0.1) is 16.7 Å². The van der Waals surface area contributed by atoms with Gasteiger partial charge in [0.1, 0.15) is 0 Å². The molecule has 0 aliphatic heterocycles. The lowest BCUT2D eigenvalue weighted by molar-refractivity contribution is -0.704. The van der Waals surface area contributed by atoms with E-state index in [2.05, 4.69) is 312 Å². The molecule has 0 N–H and O–H groups in total. The van der Waals surface area contributed by atoms with Gasteiger partial charge in [0.2, 0.25) is 6.04 Å². The summed E-state index contributed by atoms with van der Waals surface area (Å²) in [6, 6.07) is 106. The number of aromatic nitrogens is 2. The second kappa shape index (κ2) is 18.2. The van der Waals surface area contributed by atoms with Crippen LogP contribution in [0.3, 0.4) is 0 Å². The Bertz CT molecular complexity index is 4840. The van der Waals surface area contributed by atoms with Crippen LogP contribution in [-0.4, -0.2) is 4.57 Å². The molecule has 16 rings (SSSR count). The zero-order valence-electron chi connectivity index (χ0n) is 43.2. The van der Waals surface area contributed by atoms with Crippen molar-refractivity contribution in [3.05, 3.63) is 309 Å². The van der Waals surface area contributed by atoms with Crippen LogP contribution in [0.2, 0.25) is 0 Å². The van der Waals surface area contributed by atoms with Crippen molar-refractivity contribution < 1.29 is 4.57 Å². The third kappa shape index (κ3) is 7.03. The molecule has 0 radical (unpaired) electrons. The number of nitrogens with zero attached hydrogens (tertiary/aromatic N) is 3. The van der Waals surface area contributed by atoms with Crippen LogP contribution in [0.5, 0.6) is 0 Å². The summed E-state index contributed by atoms with van der Waals surface area (Å²) in [6.45, 7) is 0. The fourth-order valence-electron chi connectivity index (χ4n) is 13.4. The Hall–Kier alpha value is -10.4. The van der Waals surface area contributed by atoms with E-state index in [0.717, 1.165) is 28.3 Å². The van der Waals surface area contributed by atoms with Crippen molar-refractivity contribution in [1.82, 2.24) is 4.57 Å². The van der Waals surface area contributed by atoms with Gasteiger partial charge in [-0.1, -0.05) is 206 Å². The quantitative estimate of drug-likeness (QED) is 0.0839. The molecule has 3 heteroatoms. The summed E-state index contributed by atoms with van der Waals surface area (Å²) >= 11 is 0. The summed E-state index contributed by atoms with van der Waals surface area (Å²) in [4.78, 5) is 2.47. The highest BCUT2D eigenvalue weighted by Gasteiger charge is 2.36. The third-order valence-corrected chi connectivity index (χ3v) is 16.6. The number of anilines is 3. The van der Waals surface area contributed by atoms with Crippen LogP contribution >= 0.6 is 0 Å². The molecule has 3 nitrogen and oxygen atoms in total. The standard InChI is InChI=1S/C76H50N3/c1-6-24-50(25-7-1)74-66-49-68-67(48-65(66)57-33-15-19-38-64(57)76(74)78(53-26-8-2-9-27-53)54-28-10-3-11-29-54)73(52-41-43-60-59-34-20-21-39-70(59)79(71(60)47-52)55-30-12-4-13-31-55)62-36-17-16-35-61(62)72(68)51-40-42-58-56-32-14-18-37-63(56)75(69(58)46-51)77-44-22-5-23-45-77/h1-49,75H/q+1. The summed E-state index contributed by atoms with van der Waals surface area (Å²) < 4.78 is 4.81. The maximum atomic E-state index is 2.56. The van der Waals surface area contributed by atoms with E-state index >= 15 is 0 Å². The van der Waals surface area contributed by atoms with Gasteiger partial charge in [-0.25, -0.2) is 0 Å². The van der Waals surface area contributed by atoms with Gasteiger partial charge in [-0.3, -0.25) is 0 Å². The normalized spacial score (nSPS) is 12.9. The van der Waals surface area contributed by atoms with Gasteiger partial charge < -0.3 is 9.47 Å². The SMILES string of the molecule is c1ccc(-c2c(N(c3ccccc3)c3ccccc3)c3ccccc3c3cc4c(-c5ccc6c7ccccc7n(-c7ccccc7)c6c5)c5ccccc5c(-c5ccc6c(c5)C([n+]5ccccc5)c5ccccc5-6)c4cc23)cc1. The van der Waals surface area contributed by atoms with E-state index in [4.69, 9.17) is 0 Å². The lowest BCUT2D eigenvalue weighted by Gasteiger charge is -2.31. The Morgan fingerprint density at radius 3 is 1.48 bits per heavy atom. The largest absolute Gasteiger partial charge is 0.309 e. The number of hydrogen-bond acceptors (Lipinski definition) is 1. The fourth-order valence-corrected chi connectivity index (χ4v) is 13.4. The molecular weight excluding hydrogens is 955 g/mol. The lowest BCUT2D eigenvalue weighted by Crippen LogP contribution is -2.38. The van der Waals surface area contributed by atoms with E-state index < -0.39 is 0 Å². The lowest BCUT2D eigenvalue weighted by atomic mass is 9.82. The first-order valence-electron chi connectivity index (χ1n) is 27.4. The molecule has 0 amide bonds. The minimum Gasteiger partial charge on any atom is -0.309 e. The van der Waals surface area contributed by atoms with Gasteiger partial charge >= 0.3 is 0 Å². The molecule has 368 valence electrons. The molecule has 1 aliphatic carbocycles. The average molecular weight is 1010 g/mol. The summed E-state index contributed by atoms with van der Waals surface area (Å²) in [5.74, 6) is 0. The van der Waals surface area contributed by atoms with E-state index in [-0.39, 0.29) is 6.04 Å². The number of rotatable bonds is 8. The average Bonchev–Trinajstić information content (AvgIpc) is 4.06. The van der Waals surface area contributed by atoms with Crippen LogP contribution in [0.1, 0.15) is 17.2 Å². The van der Waals surface area contributed by atoms with E-state index in [1.54, 1.807) is 0 Å². The summed E-state index contributed by atoms with van der Waals surface area (Å²) in [5, 5.41) is 12.1. The minimum absolute atomic E-state index is 0.0219. The second-order valence-electron chi connectivity index (χ2n) is 20.9. The van der Waals surface area contributed by atoms with Crippen molar-refractivity contribution in [3.63, 3.8) is 0 Å². The van der Waals surface area contributed by atoms with Crippen LogP contribution in [0.25, 0.3) is 115 Å². The maximum Gasteiger partial charge on any atom is 0.210 e. The molecule has 1 atom stereocenters. The molecule has 0 bridgehead atoms. The van der Waals surface area contributed by atoms with Crippen molar-refractivity contribution in [2.45, 2.75) is 6.04 Å². The Balaban J connectivity index is 1.08. The third-order valence-electron chi connectivity index (χ3n) is 16.6. The van der Waals surface area contributed by atoms with E-state index in [1.165, 1.54) is 115 Å². The van der Waals surface area contributed by atoms with Gasteiger partial charge in [0.15, 0.2) is 12.4 Å². The molecule has 2 heterocycles. The van der Waals surface area contributed by atoms with Gasteiger partial charge in [-0.15, -0.1) is 0 Å². The Kier molecular flexibility index (Phi) is 10.3. The predicted octanol–water partition coefficient (Wildman–Crippen LogP) is 19.8. The molecule has 2 aromatic heterocycles. The highest BCUT2D eigenvalue weighted by molar-refractivity contribution is 6.30. The zero-order valence-corrected chi connectivity index (χ0v) is 43.2. The van der Waals surface area contributed by atoms with Crippen molar-refractivity contribution >= 4 is 82.0 Å². The zero-order chi connectivity index (χ0) is 52.0. The molecule has 79 heavy (non-hydrogen) atoms. The van der Waals surface area contributed by atoms with Crippen LogP contribution < -0.4 is 9.47 Å². The van der Waals surface area contributed by atoms with Crippen molar-refractivity contribution in [2.24, 2.45) is 0 Å². The summed E-state index contributed by atoms with van der Waals surface area (Å²) in [6.07, 6.45) is 4.42. The maximum absolute atomic E-state index is 2.56. The number of pyridine rings is 1. The highest BCUT2D eigenvalue weighted by Crippen LogP contribution is 2.54. The first kappa shape index (κ1) is 44.9. The molecular formula is C76H50N3+. The topological polar surface area (TPSA) is 12.1 Å². The number of fused-ring (bicyclic) bond motifs is 11. The van der Waals surface area contributed by atoms with Crippen molar-refractivity contribution in [1.29, 1.82) is 0 Å². The van der Waals surface area contributed by atoms with Gasteiger partial charge in [0.25, 0.3) is 0 Å². The first-order valence-corrected chi connectivity index (χ1v) is 27.4. The number of para-hydroxylation sites is 4. The van der Waals surface area contributed by atoms with Crippen LogP contribution in [-0.2, 0) is 0 Å². The Labute approximate surface area is 458 Å². The number of benzene rings is 13. The van der Waals surface area contributed by atoms with Crippen molar-refractivity contribution in [3.8, 4) is 50.2 Å². The second-order valence-corrected chi connectivity index (χ2v) is 20.9. The van der Waals surface area contributed by atoms with E-state index in [9.17, 15) is 0 Å². The van der Waals surface area contributed by atoms with Gasteiger partial charge in [0, 0.05) is 62.0 Å². The van der Waals surface area contributed by atoms with Crippen molar-refractivity contribution in [2.75, 3.05) is 4.90 Å². The van der Waals surface area contributed by atoms with Gasteiger partial charge in [-0.2, -0.15) is 4.57 Å². The van der Waals surface area contributed by atoms with Crippen LogP contribution in [0.4, 0.5) is 17.1 Å². The van der Waals surface area contributed by atoms with E-state index in [0.29, 0.717) is 0 Å². The van der Waals surface area contributed by atoms with Gasteiger partial charge in [-0.05, 0) is 143 Å². The molecule has 1 unspecified atom stereocenters. The molecule has 0 saturated carbocycles. The molecule has 13 aromatic carbocycles.